The Labute approximate surface area is 171 Å². The van der Waals surface area contributed by atoms with E-state index in [-0.39, 0.29) is 18.3 Å². The molecule has 0 amide bonds. The lowest BCUT2D eigenvalue weighted by atomic mass is 9.64. The highest BCUT2D eigenvalue weighted by Gasteiger charge is 2.27. The highest BCUT2D eigenvalue weighted by molar-refractivity contribution is 6.64. The lowest BCUT2D eigenvalue weighted by molar-refractivity contribution is -0.0720. The molecule has 3 N–H and O–H groups in total. The van der Waals surface area contributed by atoms with Gasteiger partial charge in [-0.3, -0.25) is 0 Å². The first-order chi connectivity index (χ1) is 13.9. The molecule has 0 aliphatic carbocycles. The molecule has 0 unspecified atom stereocenters. The van der Waals surface area contributed by atoms with E-state index in [9.17, 15) is 5.02 Å². The summed E-state index contributed by atoms with van der Waals surface area (Å²) in [6, 6.07) is 11.7. The number of fused-ring (bicyclic) bond motifs is 1. The Balaban J connectivity index is 1.75. The van der Waals surface area contributed by atoms with Crippen molar-refractivity contribution >= 4 is 29.0 Å². The Bertz CT molecular complexity index is 1020. The van der Waals surface area contributed by atoms with Gasteiger partial charge < -0.3 is 20.2 Å². The van der Waals surface area contributed by atoms with E-state index in [0.717, 1.165) is 46.1 Å². The zero-order chi connectivity index (χ0) is 20.5. The van der Waals surface area contributed by atoms with Gasteiger partial charge in [0.2, 0.25) is 0 Å². The Morgan fingerprint density at radius 2 is 1.90 bits per heavy atom. The number of hydrogen-bond donors (Lipinski definition) is 2. The molecule has 0 radical (unpaired) electrons. The molecular weight excluding hydrogens is 365 g/mol. The Kier molecular flexibility index (Phi) is 5.43. The predicted molar refractivity (Wildman–Crippen MR) is 117 cm³/mol. The summed E-state index contributed by atoms with van der Waals surface area (Å²) in [5.74, 6) is 0.789. The van der Waals surface area contributed by atoms with Crippen molar-refractivity contribution in [3.05, 3.63) is 42.6 Å². The minimum atomic E-state index is -0.568. The molecule has 150 valence electrons. The summed E-state index contributed by atoms with van der Waals surface area (Å²) in [6.07, 6.45) is 3.67. The zero-order valence-corrected chi connectivity index (χ0v) is 17.0. The van der Waals surface area contributed by atoms with Gasteiger partial charge in [0.15, 0.2) is 0 Å². The fourth-order valence-corrected chi connectivity index (χ4v) is 4.00. The molecule has 7 heteroatoms. The van der Waals surface area contributed by atoms with Crippen LogP contribution < -0.4 is 15.9 Å². The SMILES string of the molecule is CB(O)c1ccc(O[C@@H]2C[C@@H](C)O[C@@H](C)C2)c(-c2ccc3c(N)cnnc3c2)c1. The van der Waals surface area contributed by atoms with E-state index in [1.165, 1.54) is 0 Å². The number of hydrogen-bond acceptors (Lipinski definition) is 6. The highest BCUT2D eigenvalue weighted by Crippen LogP contribution is 2.34. The number of rotatable bonds is 4. The molecule has 0 bridgehead atoms. The molecule has 6 nitrogen and oxygen atoms in total. The first-order valence-electron chi connectivity index (χ1n) is 10.1. The highest BCUT2D eigenvalue weighted by atomic mass is 16.5. The first-order valence-corrected chi connectivity index (χ1v) is 10.1. The second kappa shape index (κ2) is 8.01. The number of nitrogens with zero attached hydrogens (tertiary/aromatic N) is 2. The van der Waals surface area contributed by atoms with Gasteiger partial charge in [-0.15, -0.1) is 0 Å². The average molecular weight is 391 g/mol. The van der Waals surface area contributed by atoms with Crippen molar-refractivity contribution in [1.82, 2.24) is 10.2 Å². The normalized spacial score (nSPS) is 21.9. The van der Waals surface area contributed by atoms with Crippen molar-refractivity contribution in [2.24, 2.45) is 0 Å². The summed E-state index contributed by atoms with van der Waals surface area (Å²) in [6.45, 7) is 5.35. The molecule has 29 heavy (non-hydrogen) atoms. The molecule has 1 aliphatic rings. The van der Waals surface area contributed by atoms with E-state index in [4.69, 9.17) is 15.2 Å². The molecule has 1 fully saturated rings. The van der Waals surface area contributed by atoms with Crippen LogP contribution in [0.4, 0.5) is 5.69 Å². The predicted octanol–water partition coefficient (Wildman–Crippen LogP) is 3.03. The number of ether oxygens (including phenoxy) is 2. The Morgan fingerprint density at radius 3 is 2.62 bits per heavy atom. The molecule has 3 atom stereocenters. The number of nitrogen functional groups attached to an aromatic ring is 1. The third-order valence-electron chi connectivity index (χ3n) is 5.42. The van der Waals surface area contributed by atoms with Crippen molar-refractivity contribution in [3.63, 3.8) is 0 Å². The van der Waals surface area contributed by atoms with Crippen molar-refractivity contribution in [2.75, 3.05) is 5.73 Å². The van der Waals surface area contributed by atoms with Gasteiger partial charge in [0.05, 0.1) is 29.6 Å². The smallest absolute Gasteiger partial charge is 0.320 e. The van der Waals surface area contributed by atoms with Crippen LogP contribution in [-0.2, 0) is 4.74 Å². The number of benzene rings is 2. The minimum Gasteiger partial charge on any atom is -0.490 e. The van der Waals surface area contributed by atoms with E-state index in [2.05, 4.69) is 24.0 Å². The quantitative estimate of drug-likeness (QED) is 0.665. The number of anilines is 1. The van der Waals surface area contributed by atoms with Gasteiger partial charge in [0.1, 0.15) is 11.9 Å². The average Bonchev–Trinajstić information content (AvgIpc) is 2.67. The number of nitrogens with two attached hydrogens (primary N) is 1. The number of aromatic nitrogens is 2. The molecule has 2 heterocycles. The first kappa shape index (κ1) is 19.7. The van der Waals surface area contributed by atoms with Crippen LogP contribution in [0.2, 0.25) is 6.82 Å². The van der Waals surface area contributed by atoms with E-state index < -0.39 is 6.92 Å². The van der Waals surface area contributed by atoms with Crippen LogP contribution >= 0.6 is 0 Å². The fraction of sp³-hybridized carbons (Fsp3) is 0.364. The second-order valence-corrected chi connectivity index (χ2v) is 7.93. The maximum atomic E-state index is 10.1. The van der Waals surface area contributed by atoms with E-state index >= 15 is 0 Å². The molecular formula is C22H26BN3O3. The van der Waals surface area contributed by atoms with Crippen molar-refractivity contribution in [3.8, 4) is 16.9 Å². The second-order valence-electron chi connectivity index (χ2n) is 7.93. The summed E-state index contributed by atoms with van der Waals surface area (Å²) >= 11 is 0. The zero-order valence-electron chi connectivity index (χ0n) is 17.0. The summed E-state index contributed by atoms with van der Waals surface area (Å²) < 4.78 is 12.3. The van der Waals surface area contributed by atoms with Crippen LogP contribution in [0.5, 0.6) is 5.75 Å². The Morgan fingerprint density at radius 1 is 1.14 bits per heavy atom. The van der Waals surface area contributed by atoms with Crippen LogP contribution in [0, 0.1) is 0 Å². The summed E-state index contributed by atoms with van der Waals surface area (Å²) in [4.78, 5) is 0. The summed E-state index contributed by atoms with van der Waals surface area (Å²) in [5, 5.41) is 19.1. The minimum absolute atomic E-state index is 0.0841. The monoisotopic (exact) mass is 391 g/mol. The van der Waals surface area contributed by atoms with E-state index in [0.29, 0.717) is 5.69 Å². The van der Waals surface area contributed by atoms with Crippen molar-refractivity contribution < 1.29 is 14.5 Å². The van der Waals surface area contributed by atoms with Gasteiger partial charge >= 0.3 is 6.92 Å². The molecule has 1 saturated heterocycles. The van der Waals surface area contributed by atoms with Gasteiger partial charge in [-0.1, -0.05) is 25.0 Å². The summed E-state index contributed by atoms with van der Waals surface area (Å²) in [7, 11) is 0. The van der Waals surface area contributed by atoms with Crippen molar-refractivity contribution in [2.45, 2.75) is 51.8 Å². The van der Waals surface area contributed by atoms with Crippen LogP contribution in [0.15, 0.2) is 42.6 Å². The molecule has 0 saturated carbocycles. The Hall–Kier alpha value is -2.64. The lowest BCUT2D eigenvalue weighted by Gasteiger charge is -2.32. The van der Waals surface area contributed by atoms with Crippen LogP contribution in [0.25, 0.3) is 22.0 Å². The maximum Gasteiger partial charge on any atom is 0.320 e. The third-order valence-corrected chi connectivity index (χ3v) is 5.42. The van der Waals surface area contributed by atoms with Gasteiger partial charge in [-0.05, 0) is 43.1 Å². The standard InChI is InChI=1S/C22H26BN3O3/c1-13-8-17(9-14(2)28-13)29-22-7-5-16(23(3)27)11-19(22)15-4-6-18-20(24)12-25-26-21(18)10-15/h4-7,10-14,17,27H,8-9H2,1-3H3,(H2,24,26)/t13-,14+,17-. The molecule has 1 aliphatic heterocycles. The molecule has 1 aromatic heterocycles. The van der Waals surface area contributed by atoms with Gasteiger partial charge in [-0.25, -0.2) is 0 Å². The van der Waals surface area contributed by atoms with E-state index in [1.54, 1.807) is 13.0 Å². The van der Waals surface area contributed by atoms with E-state index in [1.807, 2.05) is 36.4 Å². The summed E-state index contributed by atoms with van der Waals surface area (Å²) in [5.41, 5.74) is 10.0. The largest absolute Gasteiger partial charge is 0.490 e. The lowest BCUT2D eigenvalue weighted by Crippen LogP contribution is -2.36. The maximum absolute atomic E-state index is 10.1. The fourth-order valence-electron chi connectivity index (χ4n) is 4.00. The molecule has 2 aromatic carbocycles. The molecule has 0 spiro atoms. The van der Waals surface area contributed by atoms with Gasteiger partial charge in [0, 0.05) is 23.8 Å². The molecule has 3 aromatic rings. The van der Waals surface area contributed by atoms with Crippen LogP contribution in [0.1, 0.15) is 26.7 Å². The van der Waals surface area contributed by atoms with Crippen molar-refractivity contribution in [1.29, 1.82) is 0 Å². The topological polar surface area (TPSA) is 90.5 Å². The van der Waals surface area contributed by atoms with Crippen LogP contribution in [0.3, 0.4) is 0 Å². The van der Waals surface area contributed by atoms with Gasteiger partial charge in [-0.2, -0.15) is 10.2 Å². The third kappa shape index (κ3) is 4.21. The van der Waals surface area contributed by atoms with Crippen LogP contribution in [-0.4, -0.2) is 40.4 Å². The molecule has 4 rings (SSSR count). The van der Waals surface area contributed by atoms with Gasteiger partial charge in [0.25, 0.3) is 0 Å².